The van der Waals surface area contributed by atoms with Crippen LogP contribution in [0.1, 0.15) is 28.4 Å². The van der Waals surface area contributed by atoms with Crippen LogP contribution in [0.3, 0.4) is 0 Å². The number of carbonyl (C=O) groups excluding carboxylic acids is 1. The molecule has 0 radical (unpaired) electrons. The summed E-state index contributed by atoms with van der Waals surface area (Å²) in [5, 5.41) is 0.931. The number of hydrogen-bond acceptors (Lipinski definition) is 1. The number of rotatable bonds is 3. The fourth-order valence-corrected chi connectivity index (χ4v) is 2.13. The second-order valence-corrected chi connectivity index (χ2v) is 4.85. The molecule has 3 heteroatoms. The van der Waals surface area contributed by atoms with Gasteiger partial charge in [0.1, 0.15) is 0 Å². The van der Waals surface area contributed by atoms with Crippen molar-refractivity contribution in [1.29, 1.82) is 0 Å². The first-order valence-corrected chi connectivity index (χ1v) is 6.46. The Morgan fingerprint density at radius 3 is 2.61 bits per heavy atom. The topological polar surface area (TPSA) is 17.1 Å². The first-order valence-electron chi connectivity index (χ1n) is 5.70. The van der Waals surface area contributed by atoms with Crippen molar-refractivity contribution in [3.8, 4) is 0 Å². The molecule has 0 aliphatic heterocycles. The lowest BCUT2D eigenvalue weighted by Gasteiger charge is -2.05. The van der Waals surface area contributed by atoms with Crippen molar-refractivity contribution >= 4 is 29.0 Å². The Balaban J connectivity index is 2.44. The lowest BCUT2D eigenvalue weighted by Crippen LogP contribution is -2.02. The molecular weight excluding hydrogens is 267 g/mol. The van der Waals surface area contributed by atoms with Crippen LogP contribution in [0.15, 0.2) is 42.5 Å². The average Bonchev–Trinajstić information content (AvgIpc) is 2.41. The van der Waals surface area contributed by atoms with Crippen molar-refractivity contribution in [2.75, 3.05) is 0 Å². The number of hydrogen-bond donors (Lipinski definition) is 0. The number of carbonyl (C=O) groups is 1. The fraction of sp³-hybridized carbons (Fsp3) is 0.133. The summed E-state index contributed by atoms with van der Waals surface area (Å²) >= 11 is 11.9. The summed E-state index contributed by atoms with van der Waals surface area (Å²) in [4.78, 5) is 12.3. The fourth-order valence-electron chi connectivity index (χ4n) is 1.76. The first-order chi connectivity index (χ1) is 8.61. The lowest BCUT2D eigenvalue weighted by molar-refractivity contribution is 0.103. The molecule has 18 heavy (non-hydrogen) atoms. The van der Waals surface area contributed by atoms with Crippen molar-refractivity contribution in [1.82, 2.24) is 0 Å². The van der Waals surface area contributed by atoms with Gasteiger partial charge in [-0.15, -0.1) is 0 Å². The molecule has 0 saturated carbocycles. The Labute approximate surface area is 116 Å². The Hall–Kier alpha value is -1.31. The highest BCUT2D eigenvalue weighted by Gasteiger charge is 2.13. The largest absolute Gasteiger partial charge is 0.289 e. The maximum atomic E-state index is 12.3. The molecule has 0 aliphatic rings. The summed E-state index contributed by atoms with van der Waals surface area (Å²) in [6.07, 6.45) is 0.893. The van der Waals surface area contributed by atoms with Gasteiger partial charge < -0.3 is 0 Å². The van der Waals surface area contributed by atoms with E-state index >= 15 is 0 Å². The lowest BCUT2D eigenvalue weighted by atomic mass is 10.0. The van der Waals surface area contributed by atoms with Crippen LogP contribution in [0, 0.1) is 0 Å². The van der Waals surface area contributed by atoms with E-state index in [4.69, 9.17) is 23.2 Å². The zero-order chi connectivity index (χ0) is 13.1. The summed E-state index contributed by atoms with van der Waals surface area (Å²) in [5.74, 6) is -0.0993. The quantitative estimate of drug-likeness (QED) is 0.738. The predicted octanol–water partition coefficient (Wildman–Crippen LogP) is 4.79. The molecule has 0 unspecified atom stereocenters. The van der Waals surface area contributed by atoms with Crippen LogP contribution in [-0.4, -0.2) is 5.78 Å². The van der Waals surface area contributed by atoms with Gasteiger partial charge in [0.25, 0.3) is 0 Å². The van der Waals surface area contributed by atoms with Gasteiger partial charge in [0.15, 0.2) is 5.78 Å². The molecule has 0 atom stereocenters. The molecule has 0 N–H and O–H groups in total. The Morgan fingerprint density at radius 2 is 1.89 bits per heavy atom. The van der Waals surface area contributed by atoms with Crippen molar-refractivity contribution < 1.29 is 4.79 Å². The normalized spacial score (nSPS) is 10.4. The van der Waals surface area contributed by atoms with Crippen molar-refractivity contribution in [3.63, 3.8) is 0 Å². The van der Waals surface area contributed by atoms with Crippen LogP contribution in [0.25, 0.3) is 0 Å². The zero-order valence-corrected chi connectivity index (χ0v) is 11.4. The minimum atomic E-state index is -0.0993. The second kappa shape index (κ2) is 5.55. The summed E-state index contributed by atoms with van der Waals surface area (Å²) in [6.45, 7) is 2.05. The summed E-state index contributed by atoms with van der Waals surface area (Å²) < 4.78 is 0. The predicted molar refractivity (Wildman–Crippen MR) is 75.7 cm³/mol. The monoisotopic (exact) mass is 278 g/mol. The van der Waals surface area contributed by atoms with Gasteiger partial charge in [-0.3, -0.25) is 4.79 Å². The Morgan fingerprint density at radius 1 is 1.11 bits per heavy atom. The molecule has 2 aromatic carbocycles. The maximum absolute atomic E-state index is 12.3. The Kier molecular flexibility index (Phi) is 4.05. The van der Waals surface area contributed by atoms with Gasteiger partial charge in [0, 0.05) is 16.1 Å². The number of halogens is 2. The van der Waals surface area contributed by atoms with Crippen LogP contribution < -0.4 is 0 Å². The van der Waals surface area contributed by atoms with Crippen LogP contribution in [-0.2, 0) is 6.42 Å². The van der Waals surface area contributed by atoms with Gasteiger partial charge in [-0.1, -0.05) is 48.3 Å². The van der Waals surface area contributed by atoms with Gasteiger partial charge in [-0.25, -0.2) is 0 Å². The van der Waals surface area contributed by atoms with E-state index in [1.165, 1.54) is 0 Å². The van der Waals surface area contributed by atoms with Gasteiger partial charge in [-0.05, 0) is 36.2 Å². The second-order valence-electron chi connectivity index (χ2n) is 4.01. The number of aryl methyl sites for hydroxylation is 1. The van der Waals surface area contributed by atoms with E-state index in [1.54, 1.807) is 24.3 Å². The third kappa shape index (κ3) is 2.74. The third-order valence-corrected chi connectivity index (χ3v) is 3.34. The molecule has 1 nitrogen and oxygen atoms in total. The molecule has 2 aromatic rings. The van der Waals surface area contributed by atoms with Crippen molar-refractivity contribution in [2.24, 2.45) is 0 Å². The summed E-state index contributed by atoms with van der Waals surface area (Å²) in [7, 11) is 0. The molecule has 2 rings (SSSR count). The van der Waals surface area contributed by atoms with Gasteiger partial charge in [-0.2, -0.15) is 0 Å². The van der Waals surface area contributed by atoms with Crippen molar-refractivity contribution in [3.05, 3.63) is 69.2 Å². The molecule has 0 aromatic heterocycles. The molecule has 0 amide bonds. The summed E-state index contributed by atoms with van der Waals surface area (Å²) in [6, 6.07) is 12.5. The molecule has 92 valence electrons. The molecule has 0 aliphatic carbocycles. The third-order valence-electron chi connectivity index (χ3n) is 2.77. The molecule has 0 spiro atoms. The highest BCUT2D eigenvalue weighted by molar-refractivity contribution is 6.36. The molecule has 0 fully saturated rings. The van der Waals surface area contributed by atoms with Gasteiger partial charge in [0.05, 0.1) is 5.02 Å². The highest BCUT2D eigenvalue weighted by Crippen LogP contribution is 2.23. The van der Waals surface area contributed by atoms with Crippen molar-refractivity contribution in [2.45, 2.75) is 13.3 Å². The standard InChI is InChI=1S/C15H12Cl2O/c1-2-10-4-3-5-11(8-10)15(18)13-9-12(16)6-7-14(13)17/h3-9H,2H2,1H3. The first kappa shape index (κ1) is 13.1. The minimum absolute atomic E-state index is 0.0993. The maximum Gasteiger partial charge on any atom is 0.194 e. The van der Waals surface area contributed by atoms with E-state index in [9.17, 15) is 4.79 Å². The van der Waals surface area contributed by atoms with Crippen LogP contribution in [0.2, 0.25) is 10.0 Å². The summed E-state index contributed by atoms with van der Waals surface area (Å²) in [5.41, 5.74) is 2.20. The molecule has 0 saturated heterocycles. The SMILES string of the molecule is CCc1cccc(C(=O)c2cc(Cl)ccc2Cl)c1. The van der Waals surface area contributed by atoms with Crippen LogP contribution in [0.4, 0.5) is 0 Å². The number of ketones is 1. The van der Waals surface area contributed by atoms with E-state index in [1.807, 2.05) is 18.2 Å². The average molecular weight is 279 g/mol. The minimum Gasteiger partial charge on any atom is -0.289 e. The number of benzene rings is 2. The van der Waals surface area contributed by atoms with Crippen LogP contribution >= 0.6 is 23.2 Å². The van der Waals surface area contributed by atoms with Crippen LogP contribution in [0.5, 0.6) is 0 Å². The molecular formula is C15H12Cl2O. The zero-order valence-electron chi connectivity index (χ0n) is 9.91. The van der Waals surface area contributed by atoms with E-state index in [-0.39, 0.29) is 5.78 Å². The van der Waals surface area contributed by atoms with E-state index in [2.05, 4.69) is 6.92 Å². The molecule has 0 bridgehead atoms. The molecule has 0 heterocycles. The highest BCUT2D eigenvalue weighted by atomic mass is 35.5. The van der Waals surface area contributed by atoms with E-state index in [0.29, 0.717) is 21.2 Å². The van der Waals surface area contributed by atoms with Gasteiger partial charge in [0.2, 0.25) is 0 Å². The smallest absolute Gasteiger partial charge is 0.194 e. The van der Waals surface area contributed by atoms with E-state index < -0.39 is 0 Å². The Bertz CT molecular complexity index is 591. The van der Waals surface area contributed by atoms with Gasteiger partial charge >= 0.3 is 0 Å². The van der Waals surface area contributed by atoms with E-state index in [0.717, 1.165) is 12.0 Å².